The first kappa shape index (κ1) is 13.7. The van der Waals surface area contributed by atoms with E-state index >= 15 is 0 Å². The normalized spacial score (nSPS) is 18.2. The smallest absolute Gasteiger partial charge is 0.290 e. The average Bonchev–Trinajstić information content (AvgIpc) is 3.16. The molecule has 0 N–H and O–H groups in total. The summed E-state index contributed by atoms with van der Waals surface area (Å²) in [7, 11) is 3.48. The second-order valence-electron chi connectivity index (χ2n) is 5.27. The summed E-state index contributed by atoms with van der Waals surface area (Å²) in [5, 5.41) is 4.41. The van der Waals surface area contributed by atoms with Gasteiger partial charge in [-0.25, -0.2) is 4.68 Å². The van der Waals surface area contributed by atoms with Gasteiger partial charge in [0.1, 0.15) is 0 Å². The first-order valence-corrected chi connectivity index (χ1v) is 7.05. The zero-order valence-corrected chi connectivity index (χ0v) is 12.5. The highest BCUT2D eigenvalue weighted by atomic mass is 16.5. The Morgan fingerprint density at radius 3 is 3.00 bits per heavy atom. The molecule has 1 saturated heterocycles. The van der Waals surface area contributed by atoms with Crippen LogP contribution in [0.3, 0.4) is 0 Å². The summed E-state index contributed by atoms with van der Waals surface area (Å²) in [5.41, 5.74) is 1.90. The number of furan rings is 1. The Labute approximate surface area is 123 Å². The van der Waals surface area contributed by atoms with Crippen LogP contribution in [0.15, 0.2) is 22.8 Å². The molecule has 0 saturated carbocycles. The SMILES string of the molecule is COc1c([C@H]2CCCN2C(=O)c2ccco2)c(C)nn1C. The molecule has 0 radical (unpaired) electrons. The number of amides is 1. The zero-order chi connectivity index (χ0) is 15.0. The molecular formula is C15H19N3O3. The van der Waals surface area contributed by atoms with Crippen LogP contribution in [0.25, 0.3) is 0 Å². The minimum absolute atomic E-state index is 0.00810. The van der Waals surface area contributed by atoms with E-state index in [0.717, 1.165) is 36.5 Å². The Morgan fingerprint density at radius 1 is 1.52 bits per heavy atom. The van der Waals surface area contributed by atoms with E-state index in [4.69, 9.17) is 9.15 Å². The third-order valence-corrected chi connectivity index (χ3v) is 3.99. The van der Waals surface area contributed by atoms with Crippen LogP contribution in [-0.2, 0) is 7.05 Å². The van der Waals surface area contributed by atoms with Crippen molar-refractivity contribution >= 4 is 5.91 Å². The standard InChI is InChI=1S/C15H19N3O3/c1-10-13(15(20-3)17(2)16-10)11-6-4-8-18(11)14(19)12-7-5-9-21-12/h5,7,9,11H,4,6,8H2,1-3H3/t11-/m1/s1. The highest BCUT2D eigenvalue weighted by molar-refractivity contribution is 5.92. The highest BCUT2D eigenvalue weighted by Gasteiger charge is 2.36. The Bertz CT molecular complexity index is 645. The Kier molecular flexibility index (Phi) is 3.45. The van der Waals surface area contributed by atoms with Crippen LogP contribution in [0.5, 0.6) is 5.88 Å². The van der Waals surface area contributed by atoms with Gasteiger partial charge >= 0.3 is 0 Å². The lowest BCUT2D eigenvalue weighted by molar-refractivity contribution is 0.0701. The van der Waals surface area contributed by atoms with E-state index in [2.05, 4.69) is 5.10 Å². The Morgan fingerprint density at radius 2 is 2.33 bits per heavy atom. The number of rotatable bonds is 3. The molecule has 2 aromatic heterocycles. The van der Waals surface area contributed by atoms with Crippen LogP contribution in [-0.4, -0.2) is 34.2 Å². The van der Waals surface area contributed by atoms with Gasteiger partial charge in [0.25, 0.3) is 5.91 Å². The van der Waals surface area contributed by atoms with Crippen molar-refractivity contribution in [1.29, 1.82) is 0 Å². The molecule has 1 amide bonds. The molecule has 2 aromatic rings. The predicted octanol–water partition coefficient (Wildman–Crippen LogP) is 2.31. The number of aromatic nitrogens is 2. The number of carbonyl (C=O) groups is 1. The molecule has 0 unspecified atom stereocenters. The van der Waals surface area contributed by atoms with Crippen LogP contribution in [0, 0.1) is 6.92 Å². The van der Waals surface area contributed by atoms with Crippen LogP contribution in [0.1, 0.15) is 40.7 Å². The third-order valence-electron chi connectivity index (χ3n) is 3.99. The Balaban J connectivity index is 1.96. The monoisotopic (exact) mass is 289 g/mol. The summed E-state index contributed by atoms with van der Waals surface area (Å²) < 4.78 is 12.4. The summed E-state index contributed by atoms with van der Waals surface area (Å²) in [6.07, 6.45) is 3.40. The number of aryl methyl sites for hydroxylation is 2. The van der Waals surface area contributed by atoms with E-state index in [0.29, 0.717) is 5.76 Å². The van der Waals surface area contributed by atoms with E-state index in [9.17, 15) is 4.79 Å². The van der Waals surface area contributed by atoms with Crippen molar-refractivity contribution in [3.63, 3.8) is 0 Å². The van der Waals surface area contributed by atoms with Gasteiger partial charge in [-0.05, 0) is 31.9 Å². The second-order valence-corrected chi connectivity index (χ2v) is 5.27. The molecule has 1 fully saturated rings. The van der Waals surface area contributed by atoms with E-state index in [-0.39, 0.29) is 11.9 Å². The third kappa shape index (κ3) is 2.20. The summed E-state index contributed by atoms with van der Waals surface area (Å²) in [5.74, 6) is 1.02. The van der Waals surface area contributed by atoms with E-state index in [1.807, 2.05) is 18.9 Å². The van der Waals surface area contributed by atoms with E-state index in [1.165, 1.54) is 6.26 Å². The van der Waals surface area contributed by atoms with Gasteiger partial charge in [-0.1, -0.05) is 0 Å². The molecule has 0 spiro atoms. The van der Waals surface area contributed by atoms with E-state index < -0.39 is 0 Å². The van der Waals surface area contributed by atoms with Crippen molar-refractivity contribution in [3.05, 3.63) is 35.4 Å². The quantitative estimate of drug-likeness (QED) is 0.870. The number of hydrogen-bond donors (Lipinski definition) is 0. The van der Waals surface area contributed by atoms with Crippen molar-refractivity contribution in [2.75, 3.05) is 13.7 Å². The fraction of sp³-hybridized carbons (Fsp3) is 0.467. The molecule has 0 aliphatic carbocycles. The molecule has 6 nitrogen and oxygen atoms in total. The average molecular weight is 289 g/mol. The zero-order valence-electron chi connectivity index (χ0n) is 12.5. The van der Waals surface area contributed by atoms with Gasteiger partial charge in [-0.3, -0.25) is 4.79 Å². The maximum absolute atomic E-state index is 12.6. The molecule has 3 heterocycles. The predicted molar refractivity (Wildman–Crippen MR) is 76.2 cm³/mol. The summed E-state index contributed by atoms with van der Waals surface area (Å²) in [4.78, 5) is 14.4. The van der Waals surface area contributed by atoms with Gasteiger partial charge in [0, 0.05) is 13.6 Å². The molecule has 1 atom stereocenters. The molecule has 0 aromatic carbocycles. The molecule has 3 rings (SSSR count). The summed E-state index contributed by atoms with van der Waals surface area (Å²) in [6, 6.07) is 3.42. The second kappa shape index (κ2) is 5.27. The van der Waals surface area contributed by atoms with Crippen LogP contribution < -0.4 is 4.74 Å². The van der Waals surface area contributed by atoms with Crippen LogP contribution in [0.4, 0.5) is 0 Å². The van der Waals surface area contributed by atoms with Crippen molar-refractivity contribution in [2.24, 2.45) is 7.05 Å². The lowest BCUT2D eigenvalue weighted by Gasteiger charge is -2.24. The van der Waals surface area contributed by atoms with E-state index in [1.54, 1.807) is 23.9 Å². The highest BCUT2D eigenvalue weighted by Crippen LogP contribution is 2.39. The molecule has 6 heteroatoms. The fourth-order valence-corrected chi connectivity index (χ4v) is 3.13. The number of ether oxygens (including phenoxy) is 1. The summed E-state index contributed by atoms with van der Waals surface area (Å²) in [6.45, 7) is 2.67. The van der Waals surface area contributed by atoms with Gasteiger partial charge in [-0.2, -0.15) is 5.10 Å². The molecule has 1 aliphatic rings. The lowest BCUT2D eigenvalue weighted by atomic mass is 10.0. The number of methoxy groups -OCH3 is 1. The lowest BCUT2D eigenvalue weighted by Crippen LogP contribution is -2.30. The van der Waals surface area contributed by atoms with Crippen molar-refractivity contribution in [1.82, 2.24) is 14.7 Å². The molecule has 1 aliphatic heterocycles. The number of hydrogen-bond acceptors (Lipinski definition) is 4. The fourth-order valence-electron chi connectivity index (χ4n) is 3.13. The van der Waals surface area contributed by atoms with Crippen molar-refractivity contribution in [2.45, 2.75) is 25.8 Å². The molecule has 21 heavy (non-hydrogen) atoms. The van der Waals surface area contributed by atoms with Crippen molar-refractivity contribution in [3.8, 4) is 5.88 Å². The Hall–Kier alpha value is -2.24. The van der Waals surface area contributed by atoms with Gasteiger partial charge < -0.3 is 14.1 Å². The first-order valence-electron chi connectivity index (χ1n) is 7.05. The minimum Gasteiger partial charge on any atom is -0.481 e. The number of nitrogens with zero attached hydrogens (tertiary/aromatic N) is 3. The van der Waals surface area contributed by atoms with Gasteiger partial charge in [0.05, 0.1) is 30.7 Å². The maximum Gasteiger partial charge on any atom is 0.290 e. The topological polar surface area (TPSA) is 60.5 Å². The van der Waals surface area contributed by atoms with Gasteiger partial charge in [0.15, 0.2) is 5.76 Å². The maximum atomic E-state index is 12.6. The summed E-state index contributed by atoms with van der Waals surface area (Å²) >= 11 is 0. The van der Waals surface area contributed by atoms with Gasteiger partial charge in [0.2, 0.25) is 5.88 Å². The largest absolute Gasteiger partial charge is 0.481 e. The van der Waals surface area contributed by atoms with Gasteiger partial charge in [-0.15, -0.1) is 0 Å². The van der Waals surface area contributed by atoms with Crippen LogP contribution in [0.2, 0.25) is 0 Å². The number of likely N-dealkylation sites (tertiary alicyclic amines) is 1. The molecular weight excluding hydrogens is 270 g/mol. The van der Waals surface area contributed by atoms with Crippen LogP contribution >= 0.6 is 0 Å². The molecule has 112 valence electrons. The molecule has 0 bridgehead atoms. The number of carbonyl (C=O) groups excluding carboxylic acids is 1. The minimum atomic E-state index is -0.0761. The van der Waals surface area contributed by atoms with Crippen molar-refractivity contribution < 1.29 is 13.9 Å². The first-order chi connectivity index (χ1) is 10.1.